The van der Waals surface area contributed by atoms with Crippen LogP contribution < -0.4 is 9.64 Å². The predicted octanol–water partition coefficient (Wildman–Crippen LogP) is 2.26. The Kier molecular flexibility index (Phi) is 4.13. The van der Waals surface area contributed by atoms with E-state index in [0.717, 1.165) is 38.7 Å². The molecule has 3 rings (SSSR count). The molecule has 2 aliphatic heterocycles. The van der Waals surface area contributed by atoms with Crippen molar-refractivity contribution in [1.82, 2.24) is 4.90 Å². The summed E-state index contributed by atoms with van der Waals surface area (Å²) in [6.07, 6.45) is 2.44. The molecule has 2 fully saturated rings. The third kappa shape index (κ3) is 2.76. The quantitative estimate of drug-likeness (QED) is 0.845. The minimum atomic E-state index is 0.695. The molecule has 0 spiro atoms. The lowest BCUT2D eigenvalue weighted by atomic mass is 10.0. The summed E-state index contributed by atoms with van der Waals surface area (Å²) < 4.78 is 10.9. The summed E-state index contributed by atoms with van der Waals surface area (Å²) >= 11 is 0. The fourth-order valence-electron chi connectivity index (χ4n) is 3.21. The zero-order valence-corrected chi connectivity index (χ0v) is 12.5. The van der Waals surface area contributed by atoms with Crippen LogP contribution in [0.2, 0.25) is 0 Å². The number of aryl methyl sites for hydroxylation is 1. The van der Waals surface area contributed by atoms with Crippen LogP contribution in [0, 0.1) is 6.92 Å². The lowest BCUT2D eigenvalue weighted by Gasteiger charge is -2.37. The van der Waals surface area contributed by atoms with Crippen molar-refractivity contribution >= 4 is 5.69 Å². The lowest BCUT2D eigenvalue weighted by molar-refractivity contribution is 0.104. The fourth-order valence-corrected chi connectivity index (χ4v) is 3.21. The van der Waals surface area contributed by atoms with E-state index in [1.165, 1.54) is 24.1 Å². The number of ether oxygens (including phenoxy) is 2. The third-order valence-corrected chi connectivity index (χ3v) is 4.52. The van der Waals surface area contributed by atoms with E-state index in [2.05, 4.69) is 34.9 Å². The maximum atomic E-state index is 5.46. The summed E-state index contributed by atoms with van der Waals surface area (Å²) in [6, 6.07) is 7.21. The lowest BCUT2D eigenvalue weighted by Crippen LogP contribution is -2.44. The Morgan fingerprint density at radius 1 is 1.20 bits per heavy atom. The molecule has 110 valence electrons. The second-order valence-electron chi connectivity index (χ2n) is 5.72. The van der Waals surface area contributed by atoms with Crippen molar-refractivity contribution in [3.05, 3.63) is 23.8 Å². The van der Waals surface area contributed by atoms with Crippen LogP contribution in [0.1, 0.15) is 18.4 Å². The van der Waals surface area contributed by atoms with Crippen LogP contribution in [-0.4, -0.2) is 51.0 Å². The average Bonchev–Trinajstić information content (AvgIpc) is 3.02. The molecule has 0 atom stereocenters. The second-order valence-corrected chi connectivity index (χ2v) is 5.72. The number of anilines is 1. The van der Waals surface area contributed by atoms with Gasteiger partial charge in [0, 0.05) is 37.4 Å². The van der Waals surface area contributed by atoms with Crippen molar-refractivity contribution in [1.29, 1.82) is 0 Å². The minimum Gasteiger partial charge on any atom is -0.496 e. The fraction of sp³-hybridized carbons (Fsp3) is 0.625. The first-order valence-corrected chi connectivity index (χ1v) is 7.49. The van der Waals surface area contributed by atoms with E-state index in [0.29, 0.717) is 6.04 Å². The molecule has 0 amide bonds. The molecule has 2 aliphatic rings. The molecule has 0 aromatic heterocycles. The smallest absolute Gasteiger partial charge is 0.123 e. The molecule has 4 nitrogen and oxygen atoms in total. The van der Waals surface area contributed by atoms with Gasteiger partial charge in [0.1, 0.15) is 5.75 Å². The summed E-state index contributed by atoms with van der Waals surface area (Å²) in [5, 5.41) is 0. The molecule has 0 aliphatic carbocycles. The van der Waals surface area contributed by atoms with Gasteiger partial charge in [0.15, 0.2) is 0 Å². The number of benzene rings is 1. The molecule has 20 heavy (non-hydrogen) atoms. The number of hydrogen-bond donors (Lipinski definition) is 0. The first kappa shape index (κ1) is 13.7. The highest BCUT2D eigenvalue weighted by Crippen LogP contribution is 2.28. The van der Waals surface area contributed by atoms with Crippen molar-refractivity contribution in [2.45, 2.75) is 25.8 Å². The van der Waals surface area contributed by atoms with E-state index in [4.69, 9.17) is 9.47 Å². The maximum absolute atomic E-state index is 5.46. The van der Waals surface area contributed by atoms with E-state index in [1.54, 1.807) is 7.11 Å². The van der Waals surface area contributed by atoms with E-state index in [1.807, 2.05) is 0 Å². The number of methoxy groups -OCH3 is 1. The number of rotatable bonds is 3. The highest BCUT2D eigenvalue weighted by atomic mass is 16.5. The van der Waals surface area contributed by atoms with Crippen LogP contribution in [0.15, 0.2) is 18.2 Å². The molecule has 0 saturated carbocycles. The summed E-state index contributed by atoms with van der Waals surface area (Å²) in [5.74, 6) is 0.984. The van der Waals surface area contributed by atoms with Crippen molar-refractivity contribution in [3.63, 3.8) is 0 Å². The summed E-state index contributed by atoms with van der Waals surface area (Å²) in [5.41, 5.74) is 2.48. The van der Waals surface area contributed by atoms with Gasteiger partial charge in [-0.25, -0.2) is 0 Å². The second kappa shape index (κ2) is 6.02. The standard InChI is InChI=1S/C16H24N2O2/c1-13-3-4-15(11-16(13)19-2)17-7-5-14(6-8-17)18-9-10-20-12-18/h3-4,11,14H,5-10,12H2,1-2H3. The summed E-state index contributed by atoms with van der Waals surface area (Å²) in [7, 11) is 1.74. The molecule has 2 heterocycles. The topological polar surface area (TPSA) is 24.9 Å². The third-order valence-electron chi connectivity index (χ3n) is 4.52. The van der Waals surface area contributed by atoms with Gasteiger partial charge >= 0.3 is 0 Å². The number of nitrogens with zero attached hydrogens (tertiary/aromatic N) is 2. The molecular weight excluding hydrogens is 252 g/mol. The molecule has 0 unspecified atom stereocenters. The van der Waals surface area contributed by atoms with Crippen molar-refractivity contribution in [3.8, 4) is 5.75 Å². The van der Waals surface area contributed by atoms with Crippen LogP contribution in [0.25, 0.3) is 0 Å². The van der Waals surface area contributed by atoms with Crippen LogP contribution in [0.5, 0.6) is 5.75 Å². The van der Waals surface area contributed by atoms with Crippen LogP contribution >= 0.6 is 0 Å². The molecule has 0 bridgehead atoms. The van der Waals surface area contributed by atoms with Crippen molar-refractivity contribution < 1.29 is 9.47 Å². The zero-order chi connectivity index (χ0) is 13.9. The average molecular weight is 276 g/mol. The van der Waals surface area contributed by atoms with E-state index < -0.39 is 0 Å². The summed E-state index contributed by atoms with van der Waals surface area (Å²) in [4.78, 5) is 4.95. The highest BCUT2D eigenvalue weighted by molar-refractivity contribution is 5.53. The molecule has 0 radical (unpaired) electrons. The number of hydrogen-bond acceptors (Lipinski definition) is 4. The van der Waals surface area contributed by atoms with Gasteiger partial charge < -0.3 is 14.4 Å². The Labute approximate surface area is 121 Å². The van der Waals surface area contributed by atoms with Crippen LogP contribution in [0.3, 0.4) is 0 Å². The van der Waals surface area contributed by atoms with Crippen LogP contribution in [0.4, 0.5) is 5.69 Å². The van der Waals surface area contributed by atoms with Crippen molar-refractivity contribution in [2.75, 3.05) is 45.0 Å². The van der Waals surface area contributed by atoms with Gasteiger partial charge in [0.05, 0.1) is 20.4 Å². The molecule has 2 saturated heterocycles. The molecule has 0 N–H and O–H groups in total. The Morgan fingerprint density at radius 3 is 2.65 bits per heavy atom. The Balaban J connectivity index is 1.62. The first-order valence-electron chi connectivity index (χ1n) is 7.49. The molecule has 4 heteroatoms. The zero-order valence-electron chi connectivity index (χ0n) is 12.5. The van der Waals surface area contributed by atoms with Crippen LogP contribution in [-0.2, 0) is 4.74 Å². The van der Waals surface area contributed by atoms with Gasteiger partial charge in [-0.15, -0.1) is 0 Å². The van der Waals surface area contributed by atoms with Gasteiger partial charge in [-0.05, 0) is 31.4 Å². The van der Waals surface area contributed by atoms with E-state index >= 15 is 0 Å². The normalized spacial score (nSPS) is 21.4. The Morgan fingerprint density at radius 2 is 2.00 bits per heavy atom. The van der Waals surface area contributed by atoms with Gasteiger partial charge in [-0.3, -0.25) is 4.90 Å². The van der Waals surface area contributed by atoms with Gasteiger partial charge in [0.2, 0.25) is 0 Å². The van der Waals surface area contributed by atoms with E-state index in [9.17, 15) is 0 Å². The van der Waals surface area contributed by atoms with Gasteiger partial charge in [-0.1, -0.05) is 6.07 Å². The maximum Gasteiger partial charge on any atom is 0.123 e. The first-order chi connectivity index (χ1) is 9.78. The molecular formula is C16H24N2O2. The van der Waals surface area contributed by atoms with Gasteiger partial charge in [0.25, 0.3) is 0 Å². The largest absolute Gasteiger partial charge is 0.496 e. The van der Waals surface area contributed by atoms with Crippen molar-refractivity contribution in [2.24, 2.45) is 0 Å². The predicted molar refractivity (Wildman–Crippen MR) is 80.5 cm³/mol. The minimum absolute atomic E-state index is 0.695. The Bertz CT molecular complexity index is 450. The SMILES string of the molecule is COc1cc(N2CCC(N3CCOC3)CC2)ccc1C. The highest BCUT2D eigenvalue weighted by Gasteiger charge is 2.27. The number of piperidine rings is 1. The monoisotopic (exact) mass is 276 g/mol. The van der Waals surface area contributed by atoms with Gasteiger partial charge in [-0.2, -0.15) is 0 Å². The molecule has 1 aromatic carbocycles. The van der Waals surface area contributed by atoms with E-state index in [-0.39, 0.29) is 0 Å². The summed E-state index contributed by atoms with van der Waals surface area (Å²) in [6.45, 7) is 7.14. The Hall–Kier alpha value is -1.26. The molecule has 1 aromatic rings.